The monoisotopic (exact) mass is 755 g/mol. The molecule has 0 heterocycles. The van der Waals surface area contributed by atoms with Crippen molar-refractivity contribution in [3.8, 4) is 0 Å². The number of rotatable bonds is 39. The minimum absolute atomic E-state index is 0.191. The van der Waals surface area contributed by atoms with E-state index in [1.807, 2.05) is 12.2 Å². The zero-order valence-electron chi connectivity index (χ0n) is 33.5. The number of hydrogen-bond donors (Lipinski definition) is 2. The summed E-state index contributed by atoms with van der Waals surface area (Å²) in [5.41, 5.74) is 0. The summed E-state index contributed by atoms with van der Waals surface area (Å²) in [6.45, 7) is 3.58. The fourth-order valence-corrected chi connectivity index (χ4v) is 6.41. The lowest BCUT2D eigenvalue weighted by atomic mass is 10.1. The van der Waals surface area contributed by atoms with Gasteiger partial charge >= 0.3 is 19.8 Å². The molecule has 1 atom stereocenters. The first-order valence-corrected chi connectivity index (χ1v) is 22.9. The van der Waals surface area contributed by atoms with Crippen molar-refractivity contribution in [2.24, 2.45) is 0 Å². The van der Waals surface area contributed by atoms with Crippen LogP contribution in [0.25, 0.3) is 0 Å². The van der Waals surface area contributed by atoms with Crippen LogP contribution in [0.1, 0.15) is 206 Å². The fraction of sp³-hybridized carbons (Fsp3) is 0.814. The Kier molecular flexibility index (Phi) is 37.7. The molecule has 52 heavy (non-hydrogen) atoms. The van der Waals surface area contributed by atoms with Crippen molar-refractivity contribution in [2.75, 3.05) is 13.2 Å². The maximum Gasteiger partial charge on any atom is 0.469 e. The van der Waals surface area contributed by atoms with Crippen LogP contribution in [0.15, 0.2) is 36.5 Å². The van der Waals surface area contributed by atoms with Crippen molar-refractivity contribution in [3.63, 3.8) is 0 Å². The van der Waals surface area contributed by atoms with Crippen LogP contribution in [0.4, 0.5) is 0 Å². The minimum atomic E-state index is -4.77. The summed E-state index contributed by atoms with van der Waals surface area (Å²) in [7, 11) is -4.77. The molecule has 0 unspecified atom stereocenters. The van der Waals surface area contributed by atoms with E-state index >= 15 is 0 Å². The number of carbonyl (C=O) groups excluding carboxylic acids is 2. The van der Waals surface area contributed by atoms with Gasteiger partial charge in [0.15, 0.2) is 6.10 Å². The highest BCUT2D eigenvalue weighted by Gasteiger charge is 2.22. The van der Waals surface area contributed by atoms with Crippen molar-refractivity contribution in [3.05, 3.63) is 36.5 Å². The molecule has 0 bridgehead atoms. The van der Waals surface area contributed by atoms with Crippen molar-refractivity contribution in [1.82, 2.24) is 0 Å². The average Bonchev–Trinajstić information content (AvgIpc) is 3.11. The second-order valence-electron chi connectivity index (χ2n) is 14.4. The zero-order valence-corrected chi connectivity index (χ0v) is 34.4. The van der Waals surface area contributed by atoms with Crippen molar-refractivity contribution < 1.29 is 37.9 Å². The van der Waals surface area contributed by atoms with Crippen molar-refractivity contribution in [2.45, 2.75) is 213 Å². The molecule has 0 saturated carbocycles. The van der Waals surface area contributed by atoms with Gasteiger partial charge in [0.25, 0.3) is 0 Å². The number of hydrogen-bond acceptors (Lipinski definition) is 6. The molecule has 0 aliphatic heterocycles. The first-order valence-electron chi connectivity index (χ1n) is 21.3. The molecule has 0 aromatic carbocycles. The second-order valence-corrected chi connectivity index (χ2v) is 15.6. The Morgan fingerprint density at radius 1 is 0.538 bits per heavy atom. The Morgan fingerprint density at radius 2 is 0.942 bits per heavy atom. The van der Waals surface area contributed by atoms with Crippen LogP contribution in [0.2, 0.25) is 0 Å². The SMILES string of the molecule is CCCCCCCC/C=C/CCCCCCCCCCCC(=O)O[C@H](COC(=O)/C=C/C=C/CCCCCCCCCCCCC)COP(=O)(O)O. The molecule has 2 N–H and O–H groups in total. The summed E-state index contributed by atoms with van der Waals surface area (Å²) in [5, 5.41) is 0. The predicted octanol–water partition coefficient (Wildman–Crippen LogP) is 13.0. The van der Waals surface area contributed by atoms with Gasteiger partial charge in [-0.3, -0.25) is 9.32 Å². The number of unbranched alkanes of at least 4 members (excludes halogenated alkanes) is 26. The normalized spacial score (nSPS) is 12.8. The van der Waals surface area contributed by atoms with Gasteiger partial charge in [0.2, 0.25) is 0 Å². The van der Waals surface area contributed by atoms with E-state index in [4.69, 9.17) is 19.3 Å². The molecule has 0 amide bonds. The first-order chi connectivity index (χ1) is 25.3. The van der Waals surface area contributed by atoms with Gasteiger partial charge in [-0.25, -0.2) is 9.36 Å². The van der Waals surface area contributed by atoms with Gasteiger partial charge in [-0.2, -0.15) is 0 Å². The largest absolute Gasteiger partial charge is 0.469 e. The standard InChI is InChI=1S/C43H79O8P/c1-3-5-7-9-11-13-15-17-19-20-21-22-24-26-28-30-32-34-36-38-43(45)51-41(40-50-52(46,47)48)39-49-42(44)37-35-33-31-29-27-25-23-18-16-14-12-10-8-6-4-2/h17,19,31,33,35,37,41H,3-16,18,20-30,32,34,36,38-40H2,1-2H3,(H2,46,47,48)/b19-17+,33-31+,37-35+/t41-/m1/s1. The van der Waals surface area contributed by atoms with Crippen LogP contribution in [0, 0.1) is 0 Å². The van der Waals surface area contributed by atoms with Crippen LogP contribution in [-0.4, -0.2) is 41.0 Å². The number of phosphoric acid groups is 1. The van der Waals surface area contributed by atoms with Gasteiger partial charge < -0.3 is 19.3 Å². The lowest BCUT2D eigenvalue weighted by molar-refractivity contribution is -0.159. The molecular weight excluding hydrogens is 675 g/mol. The Morgan fingerprint density at radius 3 is 1.38 bits per heavy atom. The maximum absolute atomic E-state index is 12.4. The molecule has 8 nitrogen and oxygen atoms in total. The molecule has 0 radical (unpaired) electrons. The van der Waals surface area contributed by atoms with Crippen LogP contribution in [0.3, 0.4) is 0 Å². The van der Waals surface area contributed by atoms with Crippen LogP contribution in [-0.2, 0) is 28.2 Å². The Hall–Kier alpha value is -1.73. The topological polar surface area (TPSA) is 119 Å². The molecule has 0 aromatic heterocycles. The van der Waals surface area contributed by atoms with Gasteiger partial charge in [-0.05, 0) is 44.9 Å². The molecule has 0 aliphatic carbocycles. The third-order valence-electron chi connectivity index (χ3n) is 9.23. The molecule has 304 valence electrons. The van der Waals surface area contributed by atoms with Gasteiger partial charge in [-0.15, -0.1) is 0 Å². The van der Waals surface area contributed by atoms with E-state index in [2.05, 4.69) is 30.5 Å². The fourth-order valence-electron chi connectivity index (χ4n) is 6.05. The van der Waals surface area contributed by atoms with E-state index in [0.717, 1.165) is 32.1 Å². The Labute approximate surface area is 319 Å². The summed E-state index contributed by atoms with van der Waals surface area (Å²) in [5.74, 6) is -1.13. The van der Waals surface area contributed by atoms with Crippen molar-refractivity contribution >= 4 is 19.8 Å². The third kappa shape index (κ3) is 41.0. The molecule has 0 rings (SSSR count). The lowest BCUT2D eigenvalue weighted by Gasteiger charge is -2.18. The quantitative estimate of drug-likeness (QED) is 0.0159. The van der Waals surface area contributed by atoms with E-state index in [0.29, 0.717) is 6.42 Å². The van der Waals surface area contributed by atoms with Crippen LogP contribution >= 0.6 is 7.82 Å². The second kappa shape index (κ2) is 39.0. The molecule has 0 saturated heterocycles. The van der Waals surface area contributed by atoms with E-state index in [1.165, 1.54) is 154 Å². The van der Waals surface area contributed by atoms with Gasteiger partial charge in [0.1, 0.15) is 6.61 Å². The molecule has 0 spiro atoms. The van der Waals surface area contributed by atoms with Gasteiger partial charge in [0, 0.05) is 12.5 Å². The molecule has 0 aromatic rings. The van der Waals surface area contributed by atoms with Crippen molar-refractivity contribution in [1.29, 1.82) is 0 Å². The molecule has 9 heteroatoms. The number of phosphoric ester groups is 1. The van der Waals surface area contributed by atoms with E-state index in [-0.39, 0.29) is 13.0 Å². The van der Waals surface area contributed by atoms with Crippen LogP contribution < -0.4 is 0 Å². The van der Waals surface area contributed by atoms with Gasteiger partial charge in [0.05, 0.1) is 6.61 Å². The number of ether oxygens (including phenoxy) is 2. The highest BCUT2D eigenvalue weighted by molar-refractivity contribution is 7.46. The summed E-state index contributed by atoms with van der Waals surface area (Å²) in [6.07, 6.45) is 46.4. The summed E-state index contributed by atoms with van der Waals surface area (Å²) in [6, 6.07) is 0. The van der Waals surface area contributed by atoms with Gasteiger partial charge in [-0.1, -0.05) is 185 Å². The molecule has 0 fully saturated rings. The smallest absolute Gasteiger partial charge is 0.458 e. The van der Waals surface area contributed by atoms with E-state index in [9.17, 15) is 14.2 Å². The first kappa shape index (κ1) is 50.3. The Balaban J connectivity index is 3.98. The zero-order chi connectivity index (χ0) is 38.2. The minimum Gasteiger partial charge on any atom is -0.458 e. The number of carbonyl (C=O) groups is 2. The maximum atomic E-state index is 12.4. The summed E-state index contributed by atoms with van der Waals surface area (Å²) in [4.78, 5) is 42.7. The van der Waals surface area contributed by atoms with E-state index in [1.54, 1.807) is 6.08 Å². The van der Waals surface area contributed by atoms with E-state index < -0.39 is 32.5 Å². The van der Waals surface area contributed by atoms with Crippen LogP contribution in [0.5, 0.6) is 0 Å². The summed E-state index contributed by atoms with van der Waals surface area (Å²) < 4.78 is 26.2. The third-order valence-corrected chi connectivity index (χ3v) is 9.72. The Bertz CT molecular complexity index is 941. The highest BCUT2D eigenvalue weighted by atomic mass is 31.2. The average molecular weight is 755 g/mol. The molecular formula is C43H79O8P. The number of allylic oxidation sites excluding steroid dienone is 5. The lowest BCUT2D eigenvalue weighted by Crippen LogP contribution is -2.29. The number of esters is 2. The predicted molar refractivity (Wildman–Crippen MR) is 216 cm³/mol. The summed E-state index contributed by atoms with van der Waals surface area (Å²) >= 11 is 0. The molecule has 0 aliphatic rings. The highest BCUT2D eigenvalue weighted by Crippen LogP contribution is 2.36.